The van der Waals surface area contributed by atoms with Crippen molar-refractivity contribution in [3.8, 4) is 5.75 Å². The normalized spacial score (nSPS) is 22.2. The van der Waals surface area contributed by atoms with Crippen LogP contribution in [-0.2, 0) is 4.79 Å². The van der Waals surface area contributed by atoms with Gasteiger partial charge in [0.25, 0.3) is 5.91 Å². The molecule has 0 unspecified atom stereocenters. The number of aromatic hydroxyl groups is 1. The lowest BCUT2D eigenvalue weighted by molar-refractivity contribution is -0.130. The van der Waals surface area contributed by atoms with Gasteiger partial charge in [0, 0.05) is 37.7 Å². The van der Waals surface area contributed by atoms with E-state index in [4.69, 9.17) is 0 Å². The van der Waals surface area contributed by atoms with E-state index < -0.39 is 0 Å². The van der Waals surface area contributed by atoms with Gasteiger partial charge in [0.2, 0.25) is 5.91 Å². The van der Waals surface area contributed by atoms with Crippen molar-refractivity contribution in [3.05, 3.63) is 29.3 Å². The van der Waals surface area contributed by atoms with Gasteiger partial charge in [0.15, 0.2) is 0 Å². The Balaban J connectivity index is 1.72. The summed E-state index contributed by atoms with van der Waals surface area (Å²) >= 11 is 0. The molecule has 0 radical (unpaired) electrons. The summed E-state index contributed by atoms with van der Waals surface area (Å²) in [6, 6.07) is 5.19. The molecule has 2 saturated heterocycles. The molecule has 3 rings (SSSR count). The highest BCUT2D eigenvalue weighted by molar-refractivity contribution is 5.95. The maximum absolute atomic E-state index is 12.6. The minimum Gasteiger partial charge on any atom is -0.508 e. The molecule has 5 nitrogen and oxygen atoms in total. The molecule has 1 atom stereocenters. The third kappa shape index (κ3) is 2.80. The molecule has 1 N–H and O–H groups in total. The summed E-state index contributed by atoms with van der Waals surface area (Å²) in [7, 11) is 0. The Kier molecular flexibility index (Phi) is 4.05. The first-order valence-electron chi connectivity index (χ1n) is 7.94. The van der Waals surface area contributed by atoms with Crippen LogP contribution in [0.15, 0.2) is 18.2 Å². The predicted octanol–water partition coefficient (Wildman–Crippen LogP) is 1.93. The lowest BCUT2D eigenvalue weighted by Gasteiger charge is -2.37. The third-order valence-corrected chi connectivity index (χ3v) is 4.69. The fraction of sp³-hybridized carbons (Fsp3) is 0.529. The molecule has 118 valence electrons. The number of piperidine rings is 1. The molecule has 1 aromatic rings. The second-order valence-electron chi connectivity index (χ2n) is 6.24. The number of carbonyl (C=O) groups excluding carboxylic acids is 2. The molecule has 22 heavy (non-hydrogen) atoms. The quantitative estimate of drug-likeness (QED) is 0.908. The van der Waals surface area contributed by atoms with Crippen LogP contribution >= 0.6 is 0 Å². The van der Waals surface area contributed by atoms with Crippen LogP contribution in [0.3, 0.4) is 0 Å². The maximum Gasteiger partial charge on any atom is 0.254 e. The van der Waals surface area contributed by atoms with Gasteiger partial charge >= 0.3 is 0 Å². The van der Waals surface area contributed by atoms with Gasteiger partial charge in [0.05, 0.1) is 0 Å². The van der Waals surface area contributed by atoms with E-state index >= 15 is 0 Å². The van der Waals surface area contributed by atoms with Gasteiger partial charge in [-0.2, -0.15) is 0 Å². The maximum atomic E-state index is 12.6. The molecular formula is C17H22N2O3. The van der Waals surface area contributed by atoms with E-state index in [0.717, 1.165) is 31.4 Å². The highest BCUT2D eigenvalue weighted by atomic mass is 16.3. The number of hydrogen-bond acceptors (Lipinski definition) is 3. The SMILES string of the molecule is Cc1ccc(C(=O)N2CCC[C@H](N3CCCC3=O)C2)cc1O. The van der Waals surface area contributed by atoms with Crippen LogP contribution in [0, 0.1) is 6.92 Å². The van der Waals surface area contributed by atoms with Gasteiger partial charge in [-0.05, 0) is 43.9 Å². The van der Waals surface area contributed by atoms with Crippen molar-refractivity contribution in [2.75, 3.05) is 19.6 Å². The average molecular weight is 302 g/mol. The lowest BCUT2D eigenvalue weighted by atomic mass is 10.0. The van der Waals surface area contributed by atoms with Crippen LogP contribution in [-0.4, -0.2) is 52.4 Å². The predicted molar refractivity (Wildman–Crippen MR) is 82.7 cm³/mol. The fourth-order valence-electron chi connectivity index (χ4n) is 3.37. The zero-order valence-corrected chi connectivity index (χ0v) is 12.9. The average Bonchev–Trinajstić information content (AvgIpc) is 2.95. The zero-order chi connectivity index (χ0) is 15.7. The number of phenols is 1. The number of nitrogens with zero attached hydrogens (tertiary/aromatic N) is 2. The Hall–Kier alpha value is -2.04. The van der Waals surface area contributed by atoms with E-state index in [2.05, 4.69) is 0 Å². The molecule has 2 heterocycles. The van der Waals surface area contributed by atoms with Gasteiger partial charge in [0.1, 0.15) is 5.75 Å². The van der Waals surface area contributed by atoms with Crippen LogP contribution in [0.25, 0.3) is 0 Å². The summed E-state index contributed by atoms with van der Waals surface area (Å²) in [6.07, 6.45) is 3.44. The Labute approximate surface area is 130 Å². The fourth-order valence-corrected chi connectivity index (χ4v) is 3.37. The number of likely N-dealkylation sites (tertiary alicyclic amines) is 2. The molecule has 2 aliphatic heterocycles. The second-order valence-corrected chi connectivity index (χ2v) is 6.24. The summed E-state index contributed by atoms with van der Waals surface area (Å²) in [5, 5.41) is 9.78. The minimum absolute atomic E-state index is 0.0633. The van der Waals surface area contributed by atoms with E-state index in [1.54, 1.807) is 19.1 Å². The van der Waals surface area contributed by atoms with E-state index in [1.165, 1.54) is 6.07 Å². The summed E-state index contributed by atoms with van der Waals surface area (Å²) in [5.41, 5.74) is 1.27. The van der Waals surface area contributed by atoms with Crippen LogP contribution in [0.4, 0.5) is 0 Å². The van der Waals surface area contributed by atoms with Crippen LogP contribution < -0.4 is 0 Å². The van der Waals surface area contributed by atoms with Crippen molar-refractivity contribution in [2.45, 2.75) is 38.6 Å². The van der Waals surface area contributed by atoms with Crippen LogP contribution in [0.1, 0.15) is 41.6 Å². The highest BCUT2D eigenvalue weighted by Crippen LogP contribution is 2.24. The first kappa shape index (κ1) is 14.9. The number of hydrogen-bond donors (Lipinski definition) is 1. The van der Waals surface area contributed by atoms with E-state index in [0.29, 0.717) is 25.1 Å². The first-order valence-corrected chi connectivity index (χ1v) is 7.94. The molecule has 0 spiro atoms. The summed E-state index contributed by atoms with van der Waals surface area (Å²) < 4.78 is 0. The molecule has 2 amide bonds. The molecule has 5 heteroatoms. The molecule has 0 bridgehead atoms. The van der Waals surface area contributed by atoms with Gasteiger partial charge in [-0.25, -0.2) is 0 Å². The largest absolute Gasteiger partial charge is 0.508 e. The zero-order valence-electron chi connectivity index (χ0n) is 12.9. The molecule has 0 aromatic heterocycles. The number of rotatable bonds is 2. The van der Waals surface area contributed by atoms with Crippen molar-refractivity contribution in [2.24, 2.45) is 0 Å². The number of amides is 2. The molecule has 0 aliphatic carbocycles. The van der Waals surface area contributed by atoms with Crippen molar-refractivity contribution in [3.63, 3.8) is 0 Å². The lowest BCUT2D eigenvalue weighted by Crippen LogP contribution is -2.50. The molecular weight excluding hydrogens is 280 g/mol. The monoisotopic (exact) mass is 302 g/mol. The van der Waals surface area contributed by atoms with Crippen molar-refractivity contribution < 1.29 is 14.7 Å². The smallest absolute Gasteiger partial charge is 0.254 e. The number of aryl methyl sites for hydroxylation is 1. The van der Waals surface area contributed by atoms with Gasteiger partial charge in [-0.1, -0.05) is 6.07 Å². The van der Waals surface area contributed by atoms with Crippen LogP contribution in [0.2, 0.25) is 0 Å². The first-order chi connectivity index (χ1) is 10.6. The summed E-state index contributed by atoms with van der Waals surface area (Å²) in [4.78, 5) is 28.3. The topological polar surface area (TPSA) is 60.9 Å². The van der Waals surface area contributed by atoms with Crippen LogP contribution in [0.5, 0.6) is 5.75 Å². The van der Waals surface area contributed by atoms with E-state index in [1.807, 2.05) is 9.80 Å². The third-order valence-electron chi connectivity index (χ3n) is 4.69. The standard InChI is InChI=1S/C17H22N2O3/c1-12-6-7-13(10-15(12)20)17(22)18-8-2-4-14(11-18)19-9-3-5-16(19)21/h6-7,10,14,20H,2-5,8-9,11H2,1H3/t14-/m0/s1. The number of benzene rings is 1. The Bertz CT molecular complexity index is 600. The second kappa shape index (κ2) is 5.99. The Morgan fingerprint density at radius 1 is 1.27 bits per heavy atom. The molecule has 0 saturated carbocycles. The minimum atomic E-state index is -0.0633. The van der Waals surface area contributed by atoms with Gasteiger partial charge < -0.3 is 14.9 Å². The number of phenolic OH excluding ortho intramolecular Hbond substituents is 1. The van der Waals surface area contributed by atoms with Gasteiger partial charge in [-0.15, -0.1) is 0 Å². The van der Waals surface area contributed by atoms with E-state index in [9.17, 15) is 14.7 Å². The highest BCUT2D eigenvalue weighted by Gasteiger charge is 2.33. The van der Waals surface area contributed by atoms with Crippen molar-refractivity contribution >= 4 is 11.8 Å². The molecule has 1 aromatic carbocycles. The molecule has 2 aliphatic rings. The Morgan fingerprint density at radius 3 is 2.77 bits per heavy atom. The van der Waals surface area contributed by atoms with Crippen molar-refractivity contribution in [1.82, 2.24) is 9.80 Å². The summed E-state index contributed by atoms with van der Waals surface area (Å²) in [6.45, 7) is 3.93. The number of carbonyl (C=O) groups is 2. The van der Waals surface area contributed by atoms with Gasteiger partial charge in [-0.3, -0.25) is 9.59 Å². The van der Waals surface area contributed by atoms with Crippen molar-refractivity contribution in [1.29, 1.82) is 0 Å². The molecule has 2 fully saturated rings. The Morgan fingerprint density at radius 2 is 2.09 bits per heavy atom. The van der Waals surface area contributed by atoms with E-state index in [-0.39, 0.29) is 23.6 Å². The summed E-state index contributed by atoms with van der Waals surface area (Å²) in [5.74, 6) is 0.299.